The molecule has 2 unspecified atom stereocenters. The zero-order valence-corrected chi connectivity index (χ0v) is 10.1. The Morgan fingerprint density at radius 3 is 2.88 bits per heavy atom. The standard InChI is InChI=1S/C11H20N2O4/c1-2-17-10(15)6-8(14)7-13-5-3-4-9(13)11(12)16/h8-9,14H,2-7H2,1H3,(H2,12,16). The Morgan fingerprint density at radius 2 is 2.29 bits per heavy atom. The van der Waals surface area contributed by atoms with Crippen LogP contribution in [0.2, 0.25) is 0 Å². The van der Waals surface area contributed by atoms with Gasteiger partial charge < -0.3 is 15.6 Å². The average molecular weight is 244 g/mol. The minimum absolute atomic E-state index is 0.0458. The van der Waals surface area contributed by atoms with Gasteiger partial charge in [-0.2, -0.15) is 0 Å². The first-order valence-corrected chi connectivity index (χ1v) is 5.91. The molecule has 2 atom stereocenters. The van der Waals surface area contributed by atoms with Crippen LogP contribution >= 0.6 is 0 Å². The first-order valence-electron chi connectivity index (χ1n) is 5.91. The third-order valence-electron chi connectivity index (χ3n) is 2.84. The molecule has 0 spiro atoms. The van der Waals surface area contributed by atoms with Crippen LogP contribution in [0.1, 0.15) is 26.2 Å². The maximum absolute atomic E-state index is 11.2. The molecular formula is C11H20N2O4. The number of likely N-dealkylation sites (tertiary alicyclic amines) is 1. The number of aliphatic hydroxyl groups is 1. The fourth-order valence-electron chi connectivity index (χ4n) is 2.11. The lowest BCUT2D eigenvalue weighted by Crippen LogP contribution is -2.44. The second-order valence-corrected chi connectivity index (χ2v) is 4.22. The summed E-state index contributed by atoms with van der Waals surface area (Å²) in [5, 5.41) is 9.71. The van der Waals surface area contributed by atoms with Crippen LogP contribution < -0.4 is 5.73 Å². The summed E-state index contributed by atoms with van der Waals surface area (Å²) in [7, 11) is 0. The Kier molecular flexibility index (Phi) is 5.37. The zero-order valence-electron chi connectivity index (χ0n) is 10.1. The van der Waals surface area contributed by atoms with Crippen LogP contribution in [0.3, 0.4) is 0 Å². The molecule has 0 aromatic rings. The van der Waals surface area contributed by atoms with Crippen molar-refractivity contribution in [3.8, 4) is 0 Å². The topological polar surface area (TPSA) is 92.9 Å². The molecule has 0 bridgehead atoms. The number of aliphatic hydroxyl groups excluding tert-OH is 1. The van der Waals surface area contributed by atoms with Crippen LogP contribution in [0.4, 0.5) is 0 Å². The highest BCUT2D eigenvalue weighted by atomic mass is 16.5. The molecule has 6 nitrogen and oxygen atoms in total. The van der Waals surface area contributed by atoms with E-state index in [0.29, 0.717) is 6.61 Å². The minimum Gasteiger partial charge on any atom is -0.466 e. The van der Waals surface area contributed by atoms with E-state index in [1.165, 1.54) is 0 Å². The number of hydrogen-bond acceptors (Lipinski definition) is 5. The summed E-state index contributed by atoms with van der Waals surface area (Å²) in [5.41, 5.74) is 5.26. The quantitative estimate of drug-likeness (QED) is 0.600. The highest BCUT2D eigenvalue weighted by Gasteiger charge is 2.30. The number of carbonyl (C=O) groups excluding carboxylic acids is 2. The van der Waals surface area contributed by atoms with Crippen LogP contribution in [0.25, 0.3) is 0 Å². The maximum Gasteiger partial charge on any atom is 0.308 e. The van der Waals surface area contributed by atoms with Crippen LogP contribution in [0.15, 0.2) is 0 Å². The van der Waals surface area contributed by atoms with E-state index in [0.717, 1.165) is 19.4 Å². The molecule has 0 aromatic heterocycles. The normalized spacial score (nSPS) is 22.4. The van der Waals surface area contributed by atoms with Gasteiger partial charge in [0.1, 0.15) is 0 Å². The number of nitrogens with zero attached hydrogens (tertiary/aromatic N) is 1. The van der Waals surface area contributed by atoms with E-state index in [2.05, 4.69) is 0 Å². The van der Waals surface area contributed by atoms with Gasteiger partial charge in [-0.1, -0.05) is 0 Å². The predicted molar refractivity (Wildman–Crippen MR) is 61.0 cm³/mol. The number of primary amides is 1. The fraction of sp³-hybridized carbons (Fsp3) is 0.818. The number of rotatable bonds is 6. The Bertz CT molecular complexity index is 283. The van der Waals surface area contributed by atoms with Crippen molar-refractivity contribution < 1.29 is 19.4 Å². The van der Waals surface area contributed by atoms with Crippen LogP contribution in [-0.4, -0.2) is 53.7 Å². The summed E-state index contributed by atoms with van der Waals surface area (Å²) in [6.45, 7) is 3.03. The van der Waals surface area contributed by atoms with Crippen molar-refractivity contribution in [3.05, 3.63) is 0 Å². The van der Waals surface area contributed by atoms with Crippen molar-refractivity contribution in [2.24, 2.45) is 5.73 Å². The van der Waals surface area contributed by atoms with Gasteiger partial charge in [-0.05, 0) is 26.3 Å². The first kappa shape index (κ1) is 13.9. The van der Waals surface area contributed by atoms with Crippen LogP contribution in [-0.2, 0) is 14.3 Å². The lowest BCUT2D eigenvalue weighted by atomic mass is 10.2. The third-order valence-corrected chi connectivity index (χ3v) is 2.84. The Balaban J connectivity index is 2.37. The van der Waals surface area contributed by atoms with Gasteiger partial charge in [0.25, 0.3) is 0 Å². The van der Waals surface area contributed by atoms with E-state index in [9.17, 15) is 14.7 Å². The number of ether oxygens (including phenoxy) is 1. The molecule has 3 N–H and O–H groups in total. The zero-order chi connectivity index (χ0) is 12.8. The van der Waals surface area contributed by atoms with Gasteiger partial charge >= 0.3 is 5.97 Å². The largest absolute Gasteiger partial charge is 0.466 e. The van der Waals surface area contributed by atoms with Crippen molar-refractivity contribution in [1.82, 2.24) is 4.90 Å². The highest BCUT2D eigenvalue weighted by Crippen LogP contribution is 2.17. The van der Waals surface area contributed by atoms with E-state index in [4.69, 9.17) is 10.5 Å². The Labute approximate surface area is 101 Å². The van der Waals surface area contributed by atoms with E-state index in [1.54, 1.807) is 6.92 Å². The molecule has 0 saturated carbocycles. The number of carbonyl (C=O) groups is 2. The van der Waals surface area contributed by atoms with Crippen molar-refractivity contribution in [3.63, 3.8) is 0 Å². The maximum atomic E-state index is 11.2. The van der Waals surface area contributed by atoms with Gasteiger partial charge in [-0.25, -0.2) is 0 Å². The second-order valence-electron chi connectivity index (χ2n) is 4.22. The molecule has 1 fully saturated rings. The molecule has 6 heteroatoms. The number of nitrogens with two attached hydrogens (primary N) is 1. The molecule has 17 heavy (non-hydrogen) atoms. The second kappa shape index (κ2) is 6.56. The summed E-state index contributed by atoms with van der Waals surface area (Å²) < 4.78 is 4.74. The van der Waals surface area contributed by atoms with Gasteiger partial charge in [0.15, 0.2) is 0 Å². The minimum atomic E-state index is -0.811. The van der Waals surface area contributed by atoms with Crippen molar-refractivity contribution in [2.75, 3.05) is 19.7 Å². The van der Waals surface area contributed by atoms with Crippen LogP contribution in [0.5, 0.6) is 0 Å². The van der Waals surface area contributed by atoms with Gasteiger partial charge in [-0.15, -0.1) is 0 Å². The van der Waals surface area contributed by atoms with Gasteiger partial charge in [0.2, 0.25) is 5.91 Å². The summed E-state index contributed by atoms with van der Waals surface area (Å²) in [6, 6.07) is -0.313. The molecule has 1 saturated heterocycles. The molecule has 1 rings (SSSR count). The molecule has 1 amide bonds. The van der Waals surface area contributed by atoms with E-state index in [-0.39, 0.29) is 24.9 Å². The SMILES string of the molecule is CCOC(=O)CC(O)CN1CCCC1C(N)=O. The van der Waals surface area contributed by atoms with E-state index < -0.39 is 12.1 Å². The smallest absolute Gasteiger partial charge is 0.308 e. The average Bonchev–Trinajstić information content (AvgIpc) is 2.65. The number of hydrogen-bond donors (Lipinski definition) is 2. The summed E-state index contributed by atoms with van der Waals surface area (Å²) in [4.78, 5) is 24.1. The predicted octanol–water partition coefficient (Wildman–Crippen LogP) is -0.750. The molecule has 1 aliphatic heterocycles. The van der Waals surface area contributed by atoms with Crippen molar-refractivity contribution in [1.29, 1.82) is 0 Å². The Morgan fingerprint density at radius 1 is 1.59 bits per heavy atom. The number of β-amino-alcohol motifs (C(OH)–C–C–N with tert-alkyl or cyclic N) is 1. The lowest BCUT2D eigenvalue weighted by Gasteiger charge is -2.24. The number of amides is 1. The molecule has 98 valence electrons. The highest BCUT2D eigenvalue weighted by molar-refractivity contribution is 5.80. The monoisotopic (exact) mass is 244 g/mol. The molecule has 1 aliphatic rings. The third kappa shape index (κ3) is 4.32. The molecule has 0 radical (unpaired) electrons. The molecule has 0 aliphatic carbocycles. The Hall–Kier alpha value is -1.14. The molecular weight excluding hydrogens is 224 g/mol. The summed E-state index contributed by atoms with van der Waals surface area (Å²) in [6.07, 6.45) is 0.755. The fourth-order valence-corrected chi connectivity index (χ4v) is 2.11. The van der Waals surface area contributed by atoms with Crippen molar-refractivity contribution >= 4 is 11.9 Å². The van der Waals surface area contributed by atoms with Gasteiger partial charge in [-0.3, -0.25) is 14.5 Å². The first-order chi connectivity index (χ1) is 8.04. The summed E-state index contributed by atoms with van der Waals surface area (Å²) >= 11 is 0. The lowest BCUT2D eigenvalue weighted by molar-refractivity contribution is -0.145. The van der Waals surface area contributed by atoms with Gasteiger partial charge in [0.05, 0.1) is 25.2 Å². The van der Waals surface area contributed by atoms with E-state index >= 15 is 0 Å². The van der Waals surface area contributed by atoms with Crippen molar-refractivity contribution in [2.45, 2.75) is 38.3 Å². The van der Waals surface area contributed by atoms with Gasteiger partial charge in [0, 0.05) is 6.54 Å². The molecule has 0 aromatic carbocycles. The van der Waals surface area contributed by atoms with Crippen LogP contribution in [0, 0.1) is 0 Å². The van der Waals surface area contributed by atoms with E-state index in [1.807, 2.05) is 4.90 Å². The number of esters is 1. The summed E-state index contributed by atoms with van der Waals surface area (Å²) in [5.74, 6) is -0.791. The molecule has 1 heterocycles.